The van der Waals surface area contributed by atoms with Crippen LogP contribution in [0.3, 0.4) is 0 Å². The molecule has 120 valence electrons. The predicted octanol–water partition coefficient (Wildman–Crippen LogP) is 3.37. The summed E-state index contributed by atoms with van der Waals surface area (Å²) in [5, 5.41) is 12.8. The van der Waals surface area contributed by atoms with Gasteiger partial charge in [0.05, 0.1) is 0 Å². The number of hydrogen-bond donors (Lipinski definition) is 1. The van der Waals surface area contributed by atoms with Crippen molar-refractivity contribution in [1.29, 1.82) is 0 Å². The lowest BCUT2D eigenvalue weighted by Crippen LogP contribution is -2.38. The normalized spacial score (nSPS) is 15.5. The van der Waals surface area contributed by atoms with Crippen molar-refractivity contribution in [1.82, 2.24) is 9.88 Å². The largest absolute Gasteiger partial charge is 0.439 e. The summed E-state index contributed by atoms with van der Waals surface area (Å²) in [6, 6.07) is 11.5. The van der Waals surface area contributed by atoms with E-state index in [1.54, 1.807) is 12.3 Å². The van der Waals surface area contributed by atoms with Crippen molar-refractivity contribution in [2.24, 2.45) is 5.16 Å². The summed E-state index contributed by atoms with van der Waals surface area (Å²) in [4.78, 5) is 6.39. The van der Waals surface area contributed by atoms with Gasteiger partial charge in [0, 0.05) is 42.4 Å². The second-order valence-corrected chi connectivity index (χ2v) is 6.55. The number of hydrogen-bond acceptors (Lipinski definition) is 5. The average molecular weight is 329 g/mol. The summed E-state index contributed by atoms with van der Waals surface area (Å²) in [5.74, 6) is 3.92. The lowest BCUT2D eigenvalue weighted by molar-refractivity contribution is 0.303. The summed E-state index contributed by atoms with van der Waals surface area (Å²) in [6.07, 6.45) is 1.68. The van der Waals surface area contributed by atoms with Gasteiger partial charge in [0.15, 0.2) is 5.84 Å². The Bertz CT molecular complexity index is 665. The minimum atomic E-state index is 0.518. The Kier molecular flexibility index (Phi) is 5.02. The van der Waals surface area contributed by atoms with E-state index in [0.29, 0.717) is 11.7 Å². The van der Waals surface area contributed by atoms with E-state index in [1.807, 2.05) is 49.0 Å². The number of oxime groups is 1. The average Bonchev–Trinajstić information content (AvgIpc) is 2.60. The SMILES string of the molecule is Cc1ccc(Oc2ccc(/C(=N/O)N3CCSCC3)cn2)cc1. The molecular weight excluding hydrogens is 310 g/mol. The summed E-state index contributed by atoms with van der Waals surface area (Å²) >= 11 is 1.91. The molecule has 0 radical (unpaired) electrons. The molecule has 1 saturated heterocycles. The molecule has 0 unspecified atom stereocenters. The molecular formula is C17H19N3O2S. The third-order valence-corrected chi connectivity index (χ3v) is 4.59. The highest BCUT2D eigenvalue weighted by atomic mass is 32.2. The van der Waals surface area contributed by atoms with Gasteiger partial charge >= 0.3 is 0 Å². The van der Waals surface area contributed by atoms with E-state index >= 15 is 0 Å². The fraction of sp³-hybridized carbons (Fsp3) is 0.294. The van der Waals surface area contributed by atoms with Crippen molar-refractivity contribution in [3.05, 3.63) is 53.7 Å². The van der Waals surface area contributed by atoms with Crippen LogP contribution >= 0.6 is 11.8 Å². The van der Waals surface area contributed by atoms with Gasteiger partial charge in [-0.25, -0.2) is 4.98 Å². The molecule has 0 aliphatic carbocycles. The Labute approximate surface area is 140 Å². The lowest BCUT2D eigenvalue weighted by atomic mass is 10.2. The van der Waals surface area contributed by atoms with Crippen LogP contribution < -0.4 is 4.74 Å². The summed E-state index contributed by atoms with van der Waals surface area (Å²) in [6.45, 7) is 3.79. The Morgan fingerprint density at radius 2 is 1.91 bits per heavy atom. The van der Waals surface area contributed by atoms with Crippen LogP contribution in [-0.2, 0) is 0 Å². The molecule has 23 heavy (non-hydrogen) atoms. The van der Waals surface area contributed by atoms with Crippen LogP contribution in [0.25, 0.3) is 0 Å². The van der Waals surface area contributed by atoms with Crippen molar-refractivity contribution < 1.29 is 9.94 Å². The minimum Gasteiger partial charge on any atom is -0.439 e. The van der Waals surface area contributed by atoms with E-state index in [4.69, 9.17) is 4.74 Å². The first kappa shape index (κ1) is 15.7. The van der Waals surface area contributed by atoms with Gasteiger partial charge in [-0.05, 0) is 25.1 Å². The van der Waals surface area contributed by atoms with Gasteiger partial charge < -0.3 is 14.8 Å². The Morgan fingerprint density at radius 1 is 1.17 bits per heavy atom. The van der Waals surface area contributed by atoms with E-state index in [9.17, 15) is 5.21 Å². The van der Waals surface area contributed by atoms with Gasteiger partial charge in [-0.1, -0.05) is 22.9 Å². The first-order chi connectivity index (χ1) is 11.3. The second-order valence-electron chi connectivity index (χ2n) is 5.32. The Hall–Kier alpha value is -2.21. The fourth-order valence-corrected chi connectivity index (χ4v) is 3.28. The molecule has 1 aromatic carbocycles. The van der Waals surface area contributed by atoms with Crippen LogP contribution in [-0.4, -0.2) is 45.5 Å². The highest BCUT2D eigenvalue weighted by Gasteiger charge is 2.17. The standard InChI is InChI=1S/C17H19N3O2S/c1-13-2-5-15(6-3-13)22-16-7-4-14(12-18-16)17(19-21)20-8-10-23-11-9-20/h2-7,12,21H,8-11H2,1H3/b19-17-. The maximum Gasteiger partial charge on any atom is 0.219 e. The molecule has 1 aliphatic rings. The van der Waals surface area contributed by atoms with E-state index in [1.165, 1.54) is 5.56 Å². The highest BCUT2D eigenvalue weighted by Crippen LogP contribution is 2.20. The number of pyridine rings is 1. The van der Waals surface area contributed by atoms with E-state index in [0.717, 1.165) is 35.9 Å². The minimum absolute atomic E-state index is 0.518. The van der Waals surface area contributed by atoms with E-state index in [2.05, 4.69) is 15.0 Å². The van der Waals surface area contributed by atoms with Gasteiger partial charge in [-0.3, -0.25) is 0 Å². The molecule has 2 aromatic rings. The van der Waals surface area contributed by atoms with Gasteiger partial charge in [0.1, 0.15) is 5.75 Å². The van der Waals surface area contributed by atoms with Crippen LogP contribution in [0.15, 0.2) is 47.8 Å². The Morgan fingerprint density at radius 3 is 2.52 bits per heavy atom. The molecule has 0 saturated carbocycles. The highest BCUT2D eigenvalue weighted by molar-refractivity contribution is 7.99. The zero-order valence-corrected chi connectivity index (χ0v) is 13.8. The van der Waals surface area contributed by atoms with Crippen LogP contribution in [0.4, 0.5) is 0 Å². The van der Waals surface area contributed by atoms with Crippen LogP contribution in [0.5, 0.6) is 11.6 Å². The number of nitrogens with zero attached hydrogens (tertiary/aromatic N) is 3. The zero-order chi connectivity index (χ0) is 16.1. The molecule has 1 N–H and O–H groups in total. The molecule has 1 aromatic heterocycles. The monoisotopic (exact) mass is 329 g/mol. The molecule has 2 heterocycles. The summed E-state index contributed by atoms with van der Waals surface area (Å²) in [5.41, 5.74) is 1.97. The van der Waals surface area contributed by atoms with Crippen molar-refractivity contribution in [2.45, 2.75) is 6.92 Å². The predicted molar refractivity (Wildman–Crippen MR) is 92.7 cm³/mol. The first-order valence-electron chi connectivity index (χ1n) is 7.52. The van der Waals surface area contributed by atoms with E-state index < -0.39 is 0 Å². The summed E-state index contributed by atoms with van der Waals surface area (Å²) < 4.78 is 5.72. The third kappa shape index (κ3) is 3.96. The Balaban J connectivity index is 1.71. The molecule has 3 rings (SSSR count). The number of aryl methyl sites for hydroxylation is 1. The number of aromatic nitrogens is 1. The van der Waals surface area contributed by atoms with E-state index in [-0.39, 0.29) is 0 Å². The maximum absolute atomic E-state index is 9.34. The molecule has 1 fully saturated rings. The third-order valence-electron chi connectivity index (χ3n) is 3.64. The van der Waals surface area contributed by atoms with Crippen molar-refractivity contribution in [3.8, 4) is 11.6 Å². The molecule has 0 amide bonds. The van der Waals surface area contributed by atoms with Gasteiger partial charge in [-0.15, -0.1) is 0 Å². The van der Waals surface area contributed by atoms with Crippen LogP contribution in [0.1, 0.15) is 11.1 Å². The smallest absolute Gasteiger partial charge is 0.219 e. The quantitative estimate of drug-likeness (QED) is 0.405. The van der Waals surface area contributed by atoms with Gasteiger partial charge in [-0.2, -0.15) is 11.8 Å². The van der Waals surface area contributed by atoms with Crippen LogP contribution in [0.2, 0.25) is 0 Å². The fourth-order valence-electron chi connectivity index (χ4n) is 2.38. The molecule has 0 atom stereocenters. The van der Waals surface area contributed by atoms with Crippen LogP contribution in [0, 0.1) is 6.92 Å². The molecule has 0 spiro atoms. The van der Waals surface area contributed by atoms with Crippen molar-refractivity contribution >= 4 is 17.6 Å². The second kappa shape index (κ2) is 7.37. The summed E-state index contributed by atoms with van der Waals surface area (Å²) in [7, 11) is 0. The van der Waals surface area contributed by atoms with Gasteiger partial charge in [0.2, 0.25) is 5.88 Å². The number of thioether (sulfide) groups is 1. The van der Waals surface area contributed by atoms with Crippen molar-refractivity contribution in [2.75, 3.05) is 24.6 Å². The zero-order valence-electron chi connectivity index (χ0n) is 13.0. The number of benzene rings is 1. The molecule has 0 bridgehead atoms. The molecule has 6 heteroatoms. The number of rotatable bonds is 3. The number of ether oxygens (including phenoxy) is 1. The topological polar surface area (TPSA) is 58.0 Å². The molecule has 5 nitrogen and oxygen atoms in total. The van der Waals surface area contributed by atoms with Crippen molar-refractivity contribution in [3.63, 3.8) is 0 Å². The molecule has 1 aliphatic heterocycles. The lowest BCUT2D eigenvalue weighted by Gasteiger charge is -2.28. The van der Waals surface area contributed by atoms with Gasteiger partial charge in [0.25, 0.3) is 0 Å². The maximum atomic E-state index is 9.34. The number of amidine groups is 1. The first-order valence-corrected chi connectivity index (χ1v) is 8.67.